The topological polar surface area (TPSA) is 92.5 Å². The molecule has 3 rings (SSSR count). The Bertz CT molecular complexity index is 913. The molecule has 1 aliphatic heterocycles. The van der Waals surface area contributed by atoms with E-state index in [2.05, 4.69) is 5.32 Å². The lowest BCUT2D eigenvalue weighted by molar-refractivity contribution is -0.384. The lowest BCUT2D eigenvalue weighted by Crippen LogP contribution is -2.24. The van der Waals surface area contributed by atoms with E-state index in [0.29, 0.717) is 18.7 Å². The number of non-ortho nitro benzene ring substituents is 1. The Morgan fingerprint density at radius 2 is 2.04 bits per heavy atom. The van der Waals surface area contributed by atoms with Crippen LogP contribution in [0.4, 0.5) is 17.1 Å². The van der Waals surface area contributed by atoms with Crippen molar-refractivity contribution in [1.29, 1.82) is 0 Å². The average Bonchev–Trinajstić information content (AvgIpc) is 3.01. The van der Waals surface area contributed by atoms with E-state index in [9.17, 15) is 19.7 Å². The second-order valence-electron chi connectivity index (χ2n) is 6.03. The number of halogens is 1. The van der Waals surface area contributed by atoms with Crippen LogP contribution in [0.2, 0.25) is 5.02 Å². The second-order valence-corrected chi connectivity index (χ2v) is 6.43. The van der Waals surface area contributed by atoms with Crippen LogP contribution in [0, 0.1) is 17.0 Å². The molecule has 1 N–H and O–H groups in total. The maximum absolute atomic E-state index is 12.4. The van der Waals surface area contributed by atoms with Crippen molar-refractivity contribution >= 4 is 40.5 Å². The van der Waals surface area contributed by atoms with Crippen molar-refractivity contribution in [3.05, 3.63) is 62.7 Å². The fourth-order valence-electron chi connectivity index (χ4n) is 2.94. The monoisotopic (exact) mass is 373 g/mol. The zero-order valence-electron chi connectivity index (χ0n) is 14.0. The van der Waals surface area contributed by atoms with Crippen LogP contribution in [0.3, 0.4) is 0 Å². The van der Waals surface area contributed by atoms with Gasteiger partial charge in [-0.1, -0.05) is 11.6 Å². The summed E-state index contributed by atoms with van der Waals surface area (Å²) in [6.07, 6.45) is 1.38. The molecule has 0 aliphatic carbocycles. The van der Waals surface area contributed by atoms with Gasteiger partial charge in [0.1, 0.15) is 0 Å². The molecule has 1 fully saturated rings. The number of nitrogens with zero attached hydrogens (tertiary/aromatic N) is 2. The SMILES string of the molecule is Cc1cc(NC(=O)c2cc([N+](=O)[O-])ccc2Cl)ccc1N1CCCC1=O. The Morgan fingerprint density at radius 1 is 1.27 bits per heavy atom. The first-order valence-corrected chi connectivity index (χ1v) is 8.41. The molecule has 1 saturated heterocycles. The van der Waals surface area contributed by atoms with E-state index in [1.807, 2.05) is 6.92 Å². The summed E-state index contributed by atoms with van der Waals surface area (Å²) in [6.45, 7) is 2.55. The molecule has 0 radical (unpaired) electrons. The standard InChI is InChI=1S/C18H16ClN3O4/c1-11-9-12(4-7-16(11)21-8-2-3-17(21)23)20-18(24)14-10-13(22(25)26)5-6-15(14)19/h4-7,9-10H,2-3,8H2,1H3,(H,20,24). The molecule has 0 aromatic heterocycles. The predicted molar refractivity (Wildman–Crippen MR) is 98.8 cm³/mol. The van der Waals surface area contributed by atoms with Gasteiger partial charge in [-0.25, -0.2) is 0 Å². The Kier molecular flexibility index (Phi) is 4.90. The number of hydrogen-bond donors (Lipinski definition) is 1. The minimum absolute atomic E-state index is 0.0253. The number of amides is 2. The molecule has 2 aromatic rings. The zero-order chi connectivity index (χ0) is 18.8. The van der Waals surface area contributed by atoms with E-state index in [4.69, 9.17) is 11.6 Å². The molecule has 2 amide bonds. The average molecular weight is 374 g/mol. The van der Waals surface area contributed by atoms with E-state index in [-0.39, 0.29) is 22.2 Å². The zero-order valence-corrected chi connectivity index (χ0v) is 14.7. The van der Waals surface area contributed by atoms with Gasteiger partial charge in [-0.2, -0.15) is 0 Å². The molecule has 0 spiro atoms. The van der Waals surface area contributed by atoms with Gasteiger partial charge in [-0.05, 0) is 43.2 Å². The lowest BCUT2D eigenvalue weighted by atomic mass is 10.1. The molecular weight excluding hydrogens is 358 g/mol. The molecule has 8 heteroatoms. The Morgan fingerprint density at radius 3 is 2.65 bits per heavy atom. The van der Waals surface area contributed by atoms with Crippen LogP contribution >= 0.6 is 11.6 Å². The van der Waals surface area contributed by atoms with Gasteiger partial charge < -0.3 is 10.2 Å². The maximum Gasteiger partial charge on any atom is 0.270 e. The highest BCUT2D eigenvalue weighted by Gasteiger charge is 2.23. The number of hydrogen-bond acceptors (Lipinski definition) is 4. The first kappa shape index (κ1) is 17.9. The molecule has 0 atom stereocenters. The van der Waals surface area contributed by atoms with Crippen LogP contribution in [0.5, 0.6) is 0 Å². The summed E-state index contributed by atoms with van der Waals surface area (Å²) in [5.41, 5.74) is 2.00. The van der Waals surface area contributed by atoms with E-state index in [0.717, 1.165) is 23.7 Å². The molecule has 1 aliphatic rings. The van der Waals surface area contributed by atoms with Crippen molar-refractivity contribution in [3.63, 3.8) is 0 Å². The third-order valence-electron chi connectivity index (χ3n) is 4.22. The number of nitro groups is 1. The number of nitro benzene ring substituents is 1. The number of carbonyl (C=O) groups is 2. The molecule has 0 unspecified atom stereocenters. The van der Waals surface area contributed by atoms with E-state index >= 15 is 0 Å². The molecular formula is C18H16ClN3O4. The number of aryl methyl sites for hydroxylation is 1. The highest BCUT2D eigenvalue weighted by Crippen LogP contribution is 2.28. The summed E-state index contributed by atoms with van der Waals surface area (Å²) in [7, 11) is 0. The van der Waals surface area contributed by atoms with Gasteiger partial charge in [0.25, 0.3) is 11.6 Å². The number of benzene rings is 2. The fourth-order valence-corrected chi connectivity index (χ4v) is 3.14. The Balaban J connectivity index is 1.82. The molecule has 7 nitrogen and oxygen atoms in total. The highest BCUT2D eigenvalue weighted by molar-refractivity contribution is 6.34. The minimum atomic E-state index is -0.584. The normalized spacial score (nSPS) is 13.8. The van der Waals surface area contributed by atoms with Crippen LogP contribution in [-0.2, 0) is 4.79 Å². The van der Waals surface area contributed by atoms with Gasteiger partial charge in [0.15, 0.2) is 0 Å². The first-order chi connectivity index (χ1) is 12.4. The van der Waals surface area contributed by atoms with E-state index in [1.165, 1.54) is 12.1 Å². The second kappa shape index (κ2) is 7.13. The number of rotatable bonds is 4. The lowest BCUT2D eigenvalue weighted by Gasteiger charge is -2.19. The van der Waals surface area contributed by atoms with Gasteiger partial charge in [-0.3, -0.25) is 19.7 Å². The summed E-state index contributed by atoms with van der Waals surface area (Å²) in [4.78, 5) is 36.3. The summed E-state index contributed by atoms with van der Waals surface area (Å²) in [5, 5.41) is 13.7. The third-order valence-corrected chi connectivity index (χ3v) is 4.55. The number of nitrogens with one attached hydrogen (secondary N) is 1. The first-order valence-electron chi connectivity index (χ1n) is 8.03. The maximum atomic E-state index is 12.4. The molecule has 1 heterocycles. The summed E-state index contributed by atoms with van der Waals surface area (Å²) in [6, 6.07) is 8.93. The molecule has 134 valence electrons. The highest BCUT2D eigenvalue weighted by atomic mass is 35.5. The smallest absolute Gasteiger partial charge is 0.270 e. The summed E-state index contributed by atoms with van der Waals surface area (Å²) < 4.78 is 0. The van der Waals surface area contributed by atoms with Gasteiger partial charge in [0, 0.05) is 36.5 Å². The number of carbonyl (C=O) groups excluding carboxylic acids is 2. The summed E-state index contributed by atoms with van der Waals surface area (Å²) >= 11 is 5.99. The van der Waals surface area contributed by atoms with Crippen molar-refractivity contribution < 1.29 is 14.5 Å². The molecule has 26 heavy (non-hydrogen) atoms. The van der Waals surface area contributed by atoms with Gasteiger partial charge in [0.05, 0.1) is 15.5 Å². The molecule has 0 saturated carbocycles. The van der Waals surface area contributed by atoms with Crippen molar-refractivity contribution in [3.8, 4) is 0 Å². The van der Waals surface area contributed by atoms with Crippen molar-refractivity contribution in [2.24, 2.45) is 0 Å². The third kappa shape index (κ3) is 3.52. The van der Waals surface area contributed by atoms with Gasteiger partial charge >= 0.3 is 0 Å². The quantitative estimate of drug-likeness (QED) is 0.649. The van der Waals surface area contributed by atoms with E-state index in [1.54, 1.807) is 23.1 Å². The van der Waals surface area contributed by atoms with Crippen molar-refractivity contribution in [2.75, 3.05) is 16.8 Å². The minimum Gasteiger partial charge on any atom is -0.322 e. The van der Waals surface area contributed by atoms with Gasteiger partial charge in [-0.15, -0.1) is 0 Å². The van der Waals surface area contributed by atoms with Crippen LogP contribution in [-0.4, -0.2) is 23.3 Å². The van der Waals surface area contributed by atoms with Gasteiger partial charge in [0.2, 0.25) is 5.91 Å². The van der Waals surface area contributed by atoms with Crippen molar-refractivity contribution in [2.45, 2.75) is 19.8 Å². The Hall–Kier alpha value is -2.93. The van der Waals surface area contributed by atoms with Crippen LogP contribution < -0.4 is 10.2 Å². The van der Waals surface area contributed by atoms with Crippen molar-refractivity contribution in [1.82, 2.24) is 0 Å². The fraction of sp³-hybridized carbons (Fsp3) is 0.222. The molecule has 2 aromatic carbocycles. The Labute approximate surface area is 154 Å². The van der Waals surface area contributed by atoms with Crippen LogP contribution in [0.15, 0.2) is 36.4 Å². The largest absolute Gasteiger partial charge is 0.322 e. The predicted octanol–water partition coefficient (Wildman–Crippen LogP) is 3.94. The van der Waals surface area contributed by atoms with Crippen LogP contribution in [0.1, 0.15) is 28.8 Å². The van der Waals surface area contributed by atoms with E-state index < -0.39 is 10.8 Å². The number of anilines is 2. The molecule has 0 bridgehead atoms. The van der Waals surface area contributed by atoms with Crippen LogP contribution in [0.25, 0.3) is 0 Å². The summed E-state index contributed by atoms with van der Waals surface area (Å²) in [5.74, 6) is -0.448.